The summed E-state index contributed by atoms with van der Waals surface area (Å²) >= 11 is 0. The minimum absolute atomic E-state index is 0.0450. The lowest BCUT2D eigenvalue weighted by Crippen LogP contribution is -2.47. The van der Waals surface area contributed by atoms with E-state index in [9.17, 15) is 46.7 Å². The van der Waals surface area contributed by atoms with Gasteiger partial charge in [0.2, 0.25) is 5.82 Å². The summed E-state index contributed by atoms with van der Waals surface area (Å²) in [5.41, 5.74) is 8.65. The number of non-ortho nitro benzene ring substituents is 2. The van der Waals surface area contributed by atoms with Crippen LogP contribution in [0.2, 0.25) is 0 Å². The maximum absolute atomic E-state index is 12.1. The van der Waals surface area contributed by atoms with Crippen molar-refractivity contribution in [3.63, 3.8) is 0 Å². The van der Waals surface area contributed by atoms with Crippen molar-refractivity contribution in [2.24, 2.45) is 21.7 Å². The number of nitrogens with zero attached hydrogens (tertiary/aromatic N) is 14. The fourth-order valence-corrected chi connectivity index (χ4v) is 16.8. The molecule has 92 heavy (non-hydrogen) atoms. The molecule has 0 amide bonds. The highest BCUT2D eigenvalue weighted by Crippen LogP contribution is 2.57. The number of nitro benzene ring substituents is 2. The van der Waals surface area contributed by atoms with E-state index in [0.29, 0.717) is 131 Å². The van der Waals surface area contributed by atoms with Gasteiger partial charge in [-0.15, -0.1) is 15.3 Å². The molecule has 6 aromatic rings. The average Bonchev–Trinajstić information content (AvgIpc) is 0.757. The Hall–Kier alpha value is -8.86. The molecule has 2 saturated heterocycles. The van der Waals surface area contributed by atoms with Crippen LogP contribution in [0.1, 0.15) is 65.5 Å². The van der Waals surface area contributed by atoms with Crippen molar-refractivity contribution in [3.8, 4) is 34.3 Å². The molecule has 6 heterocycles. The summed E-state index contributed by atoms with van der Waals surface area (Å²) in [6.45, 7) is 20.6. The lowest BCUT2D eigenvalue weighted by Gasteiger charge is -2.51. The van der Waals surface area contributed by atoms with E-state index < -0.39 is 29.5 Å². The zero-order valence-corrected chi connectivity index (χ0v) is 53.9. The van der Waals surface area contributed by atoms with Crippen molar-refractivity contribution in [1.82, 2.24) is 50.2 Å². The Morgan fingerprint density at radius 1 is 0.543 bits per heavy atom. The molecule has 484 valence electrons. The normalized spacial score (nSPS) is 22.4. The summed E-state index contributed by atoms with van der Waals surface area (Å²) in [7, 11) is -5.94. The first-order valence-corrected chi connectivity index (χ1v) is 34.1. The van der Waals surface area contributed by atoms with Gasteiger partial charge in [-0.25, -0.2) is 21.5 Å². The van der Waals surface area contributed by atoms with E-state index in [1.54, 1.807) is 41.1 Å². The molecule has 0 radical (unpaired) electrons. The highest BCUT2D eigenvalue weighted by atomic mass is 32.2. The van der Waals surface area contributed by atoms with E-state index in [-0.39, 0.29) is 56.0 Å². The number of aromatic nitrogens is 8. The van der Waals surface area contributed by atoms with Gasteiger partial charge in [0.05, 0.1) is 45.9 Å². The number of benzene rings is 4. The number of carbonyl (C=O) groups excluding carboxylic acids is 2. The fraction of sp³-hybridized carbons (Fsp3) is 0.438. The molecule has 0 unspecified atom stereocenters. The number of anilines is 2. The van der Waals surface area contributed by atoms with Crippen molar-refractivity contribution in [1.29, 1.82) is 0 Å². The number of carbonyl (C=O) groups is 2. The summed E-state index contributed by atoms with van der Waals surface area (Å²) in [5.74, 6) is 2.27. The average molecular weight is 1300 g/mol. The van der Waals surface area contributed by atoms with Crippen molar-refractivity contribution in [3.05, 3.63) is 152 Å². The molecule has 0 saturated carbocycles. The monoisotopic (exact) mass is 1290 g/mol. The number of rotatable bonds is 18. The van der Waals surface area contributed by atoms with Crippen LogP contribution >= 0.6 is 0 Å². The highest BCUT2D eigenvalue weighted by Gasteiger charge is 2.48. The molecule has 26 nitrogen and oxygen atoms in total. The number of fused-ring (bicyclic) bond motifs is 2. The zero-order chi connectivity index (χ0) is 65.4. The number of hydrogen-bond acceptors (Lipinski definition) is 22. The third kappa shape index (κ3) is 13.8. The Labute approximate surface area is 533 Å². The van der Waals surface area contributed by atoms with Crippen molar-refractivity contribution in [2.45, 2.75) is 67.5 Å². The molecule has 4 aromatic carbocycles. The third-order valence-electron chi connectivity index (χ3n) is 18.9. The molecule has 0 bridgehead atoms. The number of nitro groups is 2. The maximum Gasteiger partial charge on any atom is 0.298 e. The van der Waals surface area contributed by atoms with Gasteiger partial charge < -0.3 is 19.3 Å². The van der Waals surface area contributed by atoms with Gasteiger partial charge in [0.25, 0.3) is 24.3 Å². The molecule has 28 heteroatoms. The van der Waals surface area contributed by atoms with Crippen LogP contribution in [0.3, 0.4) is 0 Å². The number of ether oxygens (including phenoxy) is 2. The van der Waals surface area contributed by atoms with Gasteiger partial charge in [-0.05, 0) is 87.2 Å². The summed E-state index contributed by atoms with van der Waals surface area (Å²) < 4.78 is 58.6. The summed E-state index contributed by atoms with van der Waals surface area (Å²) in [4.78, 5) is 54.6. The summed E-state index contributed by atoms with van der Waals surface area (Å²) in [6.07, 6.45) is 10.6. The van der Waals surface area contributed by atoms with E-state index in [2.05, 4.69) is 116 Å². The predicted octanol–water partition coefficient (Wildman–Crippen LogP) is 7.56. The first-order chi connectivity index (χ1) is 43.7. The van der Waals surface area contributed by atoms with Crippen LogP contribution in [0.15, 0.2) is 120 Å². The van der Waals surface area contributed by atoms with Crippen LogP contribution in [0.4, 0.5) is 22.7 Å². The van der Waals surface area contributed by atoms with Gasteiger partial charge >= 0.3 is 0 Å². The van der Waals surface area contributed by atoms with Crippen LogP contribution in [0.25, 0.3) is 33.9 Å². The van der Waals surface area contributed by atoms with Gasteiger partial charge in [0.1, 0.15) is 11.5 Å². The lowest BCUT2D eigenvalue weighted by atomic mass is 9.58. The van der Waals surface area contributed by atoms with Crippen LogP contribution in [0.5, 0.6) is 11.5 Å². The SMILES string of the molecule is CC1(C)C(c2ccc(OC=O)cc2)=CC[C@]2(C)CN(c3cc(-c4nnn(CCN5CCS(=O)(=O)CC5)n4)cc([N+](=O)[O-])c3)CC=C12.CC1(C)C(c2ccc(OC=O)cc2)=CC[C@]2(C)CN(c3cc(-c4nnnn4CCN4CCS(=O)(=O)CC4)cc([N+](=O)[O-])c3)CC=C12. The Morgan fingerprint density at radius 2 is 0.989 bits per heavy atom. The molecule has 2 aliphatic carbocycles. The molecule has 2 atom stereocenters. The van der Waals surface area contributed by atoms with Gasteiger partial charge in [-0.1, -0.05) is 101 Å². The first-order valence-electron chi connectivity index (χ1n) is 30.5. The smallest absolute Gasteiger partial charge is 0.298 e. The fourth-order valence-electron chi connectivity index (χ4n) is 14.2. The van der Waals surface area contributed by atoms with Crippen LogP contribution < -0.4 is 19.3 Å². The van der Waals surface area contributed by atoms with Gasteiger partial charge in [-0.3, -0.25) is 39.6 Å². The van der Waals surface area contributed by atoms with Crippen molar-refractivity contribution >= 4 is 66.5 Å². The van der Waals surface area contributed by atoms with Crippen LogP contribution in [0, 0.1) is 41.9 Å². The largest absolute Gasteiger partial charge is 0.429 e. The minimum Gasteiger partial charge on any atom is -0.429 e. The molecule has 0 N–H and O–H groups in total. The molecule has 12 rings (SSSR count). The maximum atomic E-state index is 12.1. The van der Waals surface area contributed by atoms with E-state index in [1.807, 2.05) is 36.4 Å². The van der Waals surface area contributed by atoms with Gasteiger partial charge in [0, 0.05) is 134 Å². The first kappa shape index (κ1) is 64.7. The summed E-state index contributed by atoms with van der Waals surface area (Å²) in [5, 5.41) is 49.1. The van der Waals surface area contributed by atoms with Gasteiger partial charge in [-0.2, -0.15) is 4.80 Å². The Bertz CT molecular complexity index is 4170. The molecule has 6 aliphatic rings. The van der Waals surface area contributed by atoms with Gasteiger partial charge in [0.15, 0.2) is 25.5 Å². The number of tetrazole rings is 2. The third-order valence-corrected chi connectivity index (χ3v) is 22.1. The predicted molar refractivity (Wildman–Crippen MR) is 346 cm³/mol. The standard InChI is InChI=1S/2C32H37N7O6S/c1-31(2)28(23-4-6-27(7-5-23)45-22-40)8-10-32(3)21-37(11-9-29(31)32)25-18-24(19-26(20-25)39(41)42)30-33-34-35-38(30)13-12-36-14-16-46(43,44)17-15-36;1-31(2)28(23-4-6-27(7-5-23)45-22-40)8-10-32(3)21-37(11-9-29(31)32)25-18-24(19-26(20-25)39(41)42)30-33-35-38(34-30)13-12-36-14-16-46(43,44)17-15-36/h2*4-9,18-20,22H,10-17,21H2,1-3H3/t2*32-/m11/s1. The van der Waals surface area contributed by atoms with E-state index >= 15 is 0 Å². The Balaban J connectivity index is 0.000000188. The molecule has 2 aromatic heterocycles. The van der Waals surface area contributed by atoms with E-state index in [4.69, 9.17) is 9.47 Å². The number of hydrogen-bond donors (Lipinski definition) is 0. The topological polar surface area (TPSA) is 307 Å². The molecular weight excluding hydrogens is 1220 g/mol. The highest BCUT2D eigenvalue weighted by molar-refractivity contribution is 7.91. The number of allylic oxidation sites excluding steroid dienone is 4. The summed E-state index contributed by atoms with van der Waals surface area (Å²) in [6, 6.07) is 25.0. The molecular formula is C64H74N14O12S2. The lowest BCUT2D eigenvalue weighted by molar-refractivity contribution is -0.384. The molecule has 0 spiro atoms. The second kappa shape index (κ2) is 25.7. The number of sulfone groups is 2. The van der Waals surface area contributed by atoms with Crippen molar-refractivity contribution < 1.29 is 45.7 Å². The zero-order valence-electron chi connectivity index (χ0n) is 52.3. The minimum atomic E-state index is -2.98. The van der Waals surface area contributed by atoms with Crippen molar-refractivity contribution in [2.75, 3.05) is 98.3 Å². The van der Waals surface area contributed by atoms with E-state index in [1.165, 1.54) is 39.2 Å². The Morgan fingerprint density at radius 3 is 1.45 bits per heavy atom. The quantitative estimate of drug-likeness (QED) is 0.0347. The van der Waals surface area contributed by atoms with E-state index in [0.717, 1.165) is 29.7 Å². The molecule has 4 aliphatic heterocycles. The Kier molecular flexibility index (Phi) is 18.0. The molecule has 2 fully saturated rings. The van der Waals surface area contributed by atoms with Crippen LogP contribution in [-0.4, -0.2) is 178 Å². The van der Waals surface area contributed by atoms with Crippen LogP contribution in [-0.2, 0) is 42.4 Å². The second-order valence-corrected chi connectivity index (χ2v) is 30.5. The second-order valence-electron chi connectivity index (χ2n) is 25.9.